The van der Waals surface area contributed by atoms with Crippen LogP contribution in [0.5, 0.6) is 5.75 Å². The van der Waals surface area contributed by atoms with Crippen molar-refractivity contribution in [2.75, 3.05) is 6.54 Å². The summed E-state index contributed by atoms with van der Waals surface area (Å²) in [7, 11) is -0.455. The first-order valence-corrected chi connectivity index (χ1v) is 7.22. The Morgan fingerprint density at radius 1 is 1.24 bits per heavy atom. The van der Waals surface area contributed by atoms with Gasteiger partial charge >= 0.3 is 7.12 Å². The minimum absolute atomic E-state index is 0.272. The molecule has 0 atom stereocenters. The molecule has 1 aliphatic heterocycles. The van der Waals surface area contributed by atoms with Crippen molar-refractivity contribution in [1.29, 1.82) is 0 Å². The summed E-state index contributed by atoms with van der Waals surface area (Å²) in [6.45, 7) is 10.3. The Kier molecular flexibility index (Phi) is 4.20. The molecule has 3 N–H and O–H groups in total. The first-order valence-electron chi connectivity index (χ1n) is 7.22. The minimum atomic E-state index is -0.455. The topological polar surface area (TPSA) is 64.7 Å². The number of rotatable bonds is 3. The number of benzene rings is 1. The molecule has 0 radical (unpaired) electrons. The van der Waals surface area contributed by atoms with E-state index in [0.717, 1.165) is 16.6 Å². The number of aromatic hydroxyl groups is 1. The maximum Gasteiger partial charge on any atom is 0.491 e. The first-order chi connectivity index (χ1) is 9.66. The second-order valence-electron chi connectivity index (χ2n) is 6.56. The van der Waals surface area contributed by atoms with Crippen molar-refractivity contribution in [2.45, 2.75) is 45.8 Å². The van der Waals surface area contributed by atoms with Crippen LogP contribution < -0.4 is 5.73 Å². The number of nitrogens with two attached hydrogens (primary N) is 1. The van der Waals surface area contributed by atoms with Crippen LogP contribution in [0.3, 0.4) is 0 Å². The Hall–Kier alpha value is -1.30. The summed E-state index contributed by atoms with van der Waals surface area (Å²) in [5, 5.41) is 9.79. The molecule has 1 saturated heterocycles. The lowest BCUT2D eigenvalue weighted by molar-refractivity contribution is 0.00578. The molecule has 1 aromatic carbocycles. The minimum Gasteiger partial charge on any atom is -0.508 e. The fourth-order valence-electron chi connectivity index (χ4n) is 2.15. The SMILES string of the molecule is Cc1ccc(C=C(CN)B2OC(C)(C)C(C)(C)O2)cc1O. The van der Waals surface area contributed by atoms with Crippen LogP contribution in [0.1, 0.15) is 38.8 Å². The van der Waals surface area contributed by atoms with Crippen molar-refractivity contribution in [2.24, 2.45) is 5.73 Å². The molecule has 1 aromatic rings. The third-order valence-corrected chi connectivity index (χ3v) is 4.38. The maximum atomic E-state index is 9.79. The molecule has 0 aliphatic carbocycles. The van der Waals surface area contributed by atoms with Gasteiger partial charge in [0.25, 0.3) is 0 Å². The highest BCUT2D eigenvalue weighted by atomic mass is 16.7. The van der Waals surface area contributed by atoms with Crippen LogP contribution in [0.4, 0.5) is 0 Å². The number of aryl methyl sites for hydroxylation is 1. The van der Waals surface area contributed by atoms with Crippen molar-refractivity contribution >= 4 is 13.2 Å². The van der Waals surface area contributed by atoms with E-state index in [4.69, 9.17) is 15.0 Å². The third kappa shape index (κ3) is 3.15. The van der Waals surface area contributed by atoms with E-state index in [2.05, 4.69) is 0 Å². The third-order valence-electron chi connectivity index (χ3n) is 4.38. The maximum absolute atomic E-state index is 9.79. The molecular formula is C16H24BNO3. The molecule has 21 heavy (non-hydrogen) atoms. The molecule has 5 heteroatoms. The van der Waals surface area contributed by atoms with Crippen LogP contribution in [0.15, 0.2) is 23.7 Å². The van der Waals surface area contributed by atoms with Crippen molar-refractivity contribution in [3.05, 3.63) is 34.8 Å². The predicted molar refractivity (Wildman–Crippen MR) is 86.0 cm³/mol. The van der Waals surface area contributed by atoms with E-state index in [1.165, 1.54) is 0 Å². The zero-order chi connectivity index (χ0) is 15.8. The zero-order valence-electron chi connectivity index (χ0n) is 13.4. The van der Waals surface area contributed by atoms with Crippen LogP contribution >= 0.6 is 0 Å². The van der Waals surface area contributed by atoms with Gasteiger partial charge in [-0.2, -0.15) is 0 Å². The lowest BCUT2D eigenvalue weighted by atomic mass is 9.77. The van der Waals surface area contributed by atoms with Gasteiger partial charge in [-0.1, -0.05) is 18.2 Å². The van der Waals surface area contributed by atoms with E-state index in [9.17, 15) is 5.11 Å². The predicted octanol–water partition coefficient (Wildman–Crippen LogP) is 2.67. The summed E-state index contributed by atoms with van der Waals surface area (Å²) in [5.41, 5.74) is 7.67. The molecule has 0 bridgehead atoms. The van der Waals surface area contributed by atoms with Crippen LogP contribution in [0.25, 0.3) is 6.08 Å². The summed E-state index contributed by atoms with van der Waals surface area (Å²) in [5.74, 6) is 0.272. The smallest absolute Gasteiger partial charge is 0.491 e. The Morgan fingerprint density at radius 3 is 2.29 bits per heavy atom. The van der Waals surface area contributed by atoms with Crippen molar-refractivity contribution in [3.63, 3.8) is 0 Å². The van der Waals surface area contributed by atoms with Gasteiger partial charge in [-0.15, -0.1) is 0 Å². The average Bonchev–Trinajstić information content (AvgIpc) is 2.59. The molecule has 0 unspecified atom stereocenters. The second-order valence-corrected chi connectivity index (χ2v) is 6.56. The van der Waals surface area contributed by atoms with Gasteiger partial charge in [0.2, 0.25) is 0 Å². The van der Waals surface area contributed by atoms with Gasteiger partial charge in [-0.05, 0) is 57.3 Å². The molecule has 1 aliphatic rings. The van der Waals surface area contributed by atoms with Crippen LogP contribution in [-0.4, -0.2) is 30.0 Å². The van der Waals surface area contributed by atoms with Gasteiger partial charge in [-0.3, -0.25) is 0 Å². The highest BCUT2D eigenvalue weighted by molar-refractivity contribution is 6.55. The average molecular weight is 289 g/mol. The Balaban J connectivity index is 2.28. The van der Waals surface area contributed by atoms with E-state index in [-0.39, 0.29) is 17.0 Å². The molecule has 0 spiro atoms. The molecule has 0 amide bonds. The normalized spacial score (nSPS) is 20.9. The second kappa shape index (κ2) is 5.48. The molecule has 1 fully saturated rings. The number of hydrogen-bond acceptors (Lipinski definition) is 4. The van der Waals surface area contributed by atoms with Crippen molar-refractivity contribution in [1.82, 2.24) is 0 Å². The van der Waals surface area contributed by atoms with Gasteiger partial charge in [-0.25, -0.2) is 0 Å². The molecule has 114 valence electrons. The van der Waals surface area contributed by atoms with E-state index < -0.39 is 7.12 Å². The highest BCUT2D eigenvalue weighted by Gasteiger charge is 2.52. The molecule has 0 aromatic heterocycles. The van der Waals surface area contributed by atoms with Gasteiger partial charge in [0.05, 0.1) is 11.2 Å². The molecule has 1 heterocycles. The summed E-state index contributed by atoms with van der Waals surface area (Å²) < 4.78 is 12.0. The van der Waals surface area contributed by atoms with Gasteiger partial charge < -0.3 is 20.1 Å². The van der Waals surface area contributed by atoms with Gasteiger partial charge in [0.15, 0.2) is 0 Å². The fraction of sp³-hybridized carbons (Fsp3) is 0.500. The van der Waals surface area contributed by atoms with Crippen LogP contribution in [-0.2, 0) is 9.31 Å². The molecule has 2 rings (SSSR count). The van der Waals surface area contributed by atoms with E-state index >= 15 is 0 Å². The van der Waals surface area contributed by atoms with Crippen molar-refractivity contribution in [3.8, 4) is 5.75 Å². The number of phenolic OH excluding ortho intramolecular Hbond substituents is 1. The zero-order valence-corrected chi connectivity index (χ0v) is 13.4. The summed E-state index contributed by atoms with van der Waals surface area (Å²) in [6.07, 6.45) is 1.92. The largest absolute Gasteiger partial charge is 0.508 e. The summed E-state index contributed by atoms with van der Waals surface area (Å²) in [6, 6.07) is 5.53. The highest BCUT2D eigenvalue weighted by Crippen LogP contribution is 2.38. The monoisotopic (exact) mass is 289 g/mol. The van der Waals surface area contributed by atoms with Gasteiger partial charge in [0.1, 0.15) is 5.75 Å². The molecular weight excluding hydrogens is 265 g/mol. The van der Waals surface area contributed by atoms with Gasteiger partial charge in [0, 0.05) is 6.54 Å². The lowest BCUT2D eigenvalue weighted by Crippen LogP contribution is -2.41. The van der Waals surface area contributed by atoms with Crippen molar-refractivity contribution < 1.29 is 14.4 Å². The summed E-state index contributed by atoms with van der Waals surface area (Å²) >= 11 is 0. The fourth-order valence-corrected chi connectivity index (χ4v) is 2.15. The Morgan fingerprint density at radius 2 is 1.81 bits per heavy atom. The molecule has 0 saturated carbocycles. The van der Waals surface area contributed by atoms with Crippen LogP contribution in [0, 0.1) is 6.92 Å². The first kappa shape index (κ1) is 16.1. The lowest BCUT2D eigenvalue weighted by Gasteiger charge is -2.32. The quantitative estimate of drug-likeness (QED) is 0.840. The van der Waals surface area contributed by atoms with E-state index in [1.54, 1.807) is 6.07 Å². The number of hydrogen-bond donors (Lipinski definition) is 2. The van der Waals surface area contributed by atoms with E-state index in [0.29, 0.717) is 6.54 Å². The Labute approximate surface area is 127 Å². The standard InChI is InChI=1S/C16H24BNO3/c1-11-6-7-12(9-14(11)19)8-13(10-18)17-20-15(2,3)16(4,5)21-17/h6-9,19H,10,18H2,1-5H3. The summed E-state index contributed by atoms with van der Waals surface area (Å²) in [4.78, 5) is 0. The molecule has 4 nitrogen and oxygen atoms in total. The Bertz CT molecular complexity index is 551. The van der Waals surface area contributed by atoms with Crippen LogP contribution in [0.2, 0.25) is 0 Å². The number of phenols is 1. The van der Waals surface area contributed by atoms with E-state index in [1.807, 2.05) is 52.8 Å².